The fourth-order valence-electron chi connectivity index (χ4n) is 2.79. The molecule has 0 radical (unpaired) electrons. The molecule has 19 heavy (non-hydrogen) atoms. The van der Waals surface area contributed by atoms with Gasteiger partial charge in [-0.3, -0.25) is 4.79 Å². The zero-order valence-corrected chi connectivity index (χ0v) is 12.4. The van der Waals surface area contributed by atoms with Crippen LogP contribution in [-0.4, -0.2) is 41.6 Å². The Morgan fingerprint density at radius 2 is 2.05 bits per heavy atom. The summed E-state index contributed by atoms with van der Waals surface area (Å²) in [6.07, 6.45) is 3.20. The van der Waals surface area contributed by atoms with Crippen molar-refractivity contribution in [3.05, 3.63) is 0 Å². The van der Waals surface area contributed by atoms with Crippen LogP contribution in [0, 0.1) is 11.3 Å². The van der Waals surface area contributed by atoms with E-state index in [1.165, 1.54) is 4.90 Å². The SMILES string of the molecule is CC1CC(C)(C)CCC1NC(=O)N(C)CCC(=O)O. The summed E-state index contributed by atoms with van der Waals surface area (Å²) in [4.78, 5) is 23.9. The number of nitrogens with zero attached hydrogens (tertiary/aromatic N) is 1. The molecule has 0 saturated heterocycles. The molecule has 2 unspecified atom stereocenters. The van der Waals surface area contributed by atoms with Gasteiger partial charge < -0.3 is 15.3 Å². The van der Waals surface area contributed by atoms with Crippen molar-refractivity contribution in [1.29, 1.82) is 0 Å². The average Bonchev–Trinajstić information content (AvgIpc) is 2.28. The van der Waals surface area contributed by atoms with E-state index in [9.17, 15) is 9.59 Å². The van der Waals surface area contributed by atoms with Crippen LogP contribution in [-0.2, 0) is 4.79 Å². The van der Waals surface area contributed by atoms with Crippen LogP contribution >= 0.6 is 0 Å². The number of carbonyl (C=O) groups excluding carboxylic acids is 1. The molecule has 2 atom stereocenters. The third kappa shape index (κ3) is 5.09. The first-order valence-electron chi connectivity index (χ1n) is 6.95. The highest BCUT2D eigenvalue weighted by molar-refractivity contribution is 5.75. The van der Waals surface area contributed by atoms with E-state index >= 15 is 0 Å². The van der Waals surface area contributed by atoms with E-state index in [2.05, 4.69) is 26.1 Å². The van der Waals surface area contributed by atoms with Crippen molar-refractivity contribution >= 4 is 12.0 Å². The lowest BCUT2D eigenvalue weighted by Crippen LogP contribution is -2.49. The molecule has 0 aromatic rings. The smallest absolute Gasteiger partial charge is 0.317 e. The zero-order chi connectivity index (χ0) is 14.6. The van der Waals surface area contributed by atoms with Crippen LogP contribution in [0.3, 0.4) is 0 Å². The standard InChI is InChI=1S/C14H26N2O3/c1-10-9-14(2,3)7-5-11(10)15-13(19)16(4)8-6-12(17)18/h10-11H,5-9H2,1-4H3,(H,15,19)(H,17,18). The largest absolute Gasteiger partial charge is 0.481 e. The summed E-state index contributed by atoms with van der Waals surface area (Å²) in [5.41, 5.74) is 0.357. The number of nitrogens with one attached hydrogen (secondary N) is 1. The van der Waals surface area contributed by atoms with Gasteiger partial charge in [0, 0.05) is 19.6 Å². The number of urea groups is 1. The van der Waals surface area contributed by atoms with Gasteiger partial charge in [-0.25, -0.2) is 4.79 Å². The van der Waals surface area contributed by atoms with Crippen molar-refractivity contribution in [3.63, 3.8) is 0 Å². The first-order valence-corrected chi connectivity index (χ1v) is 6.95. The molecular formula is C14H26N2O3. The Morgan fingerprint density at radius 1 is 1.42 bits per heavy atom. The normalized spacial score (nSPS) is 25.7. The fraction of sp³-hybridized carbons (Fsp3) is 0.857. The van der Waals surface area contributed by atoms with E-state index in [0.29, 0.717) is 11.3 Å². The van der Waals surface area contributed by atoms with Gasteiger partial charge in [-0.15, -0.1) is 0 Å². The predicted octanol–water partition coefficient (Wildman–Crippen LogP) is 2.32. The maximum Gasteiger partial charge on any atom is 0.317 e. The average molecular weight is 270 g/mol. The number of aliphatic carboxylic acids is 1. The van der Waals surface area contributed by atoms with Crippen LogP contribution in [0.25, 0.3) is 0 Å². The molecule has 5 nitrogen and oxygen atoms in total. The Balaban J connectivity index is 2.42. The van der Waals surface area contributed by atoms with Crippen LogP contribution in [0.4, 0.5) is 4.79 Å². The molecule has 0 aliphatic heterocycles. The van der Waals surface area contributed by atoms with Crippen molar-refractivity contribution in [2.45, 2.75) is 52.5 Å². The molecule has 5 heteroatoms. The lowest BCUT2D eigenvalue weighted by molar-refractivity contribution is -0.137. The van der Waals surface area contributed by atoms with Crippen LogP contribution in [0.5, 0.6) is 0 Å². The maximum atomic E-state index is 12.0. The number of carboxylic acid groups (broad SMARTS) is 1. The van der Waals surface area contributed by atoms with Crippen molar-refractivity contribution in [2.75, 3.05) is 13.6 Å². The Kier molecular flexibility index (Phi) is 5.20. The van der Waals surface area contributed by atoms with Crippen molar-refractivity contribution in [1.82, 2.24) is 10.2 Å². The first kappa shape index (κ1) is 15.8. The Hall–Kier alpha value is -1.26. The molecule has 0 aromatic carbocycles. The van der Waals surface area contributed by atoms with Gasteiger partial charge in [-0.2, -0.15) is 0 Å². The van der Waals surface area contributed by atoms with E-state index < -0.39 is 5.97 Å². The van der Waals surface area contributed by atoms with E-state index in [1.807, 2.05) is 0 Å². The second-order valence-electron chi connectivity index (χ2n) is 6.51. The van der Waals surface area contributed by atoms with Gasteiger partial charge in [0.25, 0.3) is 0 Å². The maximum absolute atomic E-state index is 12.0. The van der Waals surface area contributed by atoms with Gasteiger partial charge in [-0.05, 0) is 30.6 Å². The van der Waals surface area contributed by atoms with E-state index in [0.717, 1.165) is 19.3 Å². The lowest BCUT2D eigenvalue weighted by Gasteiger charge is -2.40. The van der Waals surface area contributed by atoms with Crippen LogP contribution < -0.4 is 5.32 Å². The molecule has 2 N–H and O–H groups in total. The Labute approximate surface area is 115 Å². The van der Waals surface area contributed by atoms with E-state index in [1.54, 1.807) is 7.05 Å². The molecule has 2 amide bonds. The molecule has 1 aliphatic carbocycles. The Morgan fingerprint density at radius 3 is 2.58 bits per heavy atom. The van der Waals surface area contributed by atoms with Crippen molar-refractivity contribution < 1.29 is 14.7 Å². The number of hydrogen-bond donors (Lipinski definition) is 2. The van der Waals surface area contributed by atoms with Gasteiger partial charge in [0.05, 0.1) is 6.42 Å². The Bertz CT molecular complexity index is 342. The summed E-state index contributed by atoms with van der Waals surface area (Å²) in [7, 11) is 1.63. The molecule has 110 valence electrons. The molecule has 1 aliphatic rings. The van der Waals surface area contributed by atoms with E-state index in [4.69, 9.17) is 5.11 Å². The third-order valence-electron chi connectivity index (χ3n) is 4.01. The monoisotopic (exact) mass is 270 g/mol. The highest BCUT2D eigenvalue weighted by Gasteiger charge is 2.33. The quantitative estimate of drug-likeness (QED) is 0.823. The van der Waals surface area contributed by atoms with Gasteiger partial charge >= 0.3 is 12.0 Å². The molecule has 1 fully saturated rings. The topological polar surface area (TPSA) is 69.6 Å². The highest BCUT2D eigenvalue weighted by atomic mass is 16.4. The summed E-state index contributed by atoms with van der Waals surface area (Å²) in [5, 5.41) is 11.6. The summed E-state index contributed by atoms with van der Waals surface area (Å²) in [6.45, 7) is 6.94. The van der Waals surface area contributed by atoms with Crippen LogP contribution in [0.1, 0.15) is 46.5 Å². The number of carboxylic acids is 1. The number of carbonyl (C=O) groups is 2. The number of amides is 2. The molecule has 0 heterocycles. The minimum Gasteiger partial charge on any atom is -0.481 e. The minimum absolute atomic E-state index is 0.0167. The fourth-order valence-corrected chi connectivity index (χ4v) is 2.79. The molecular weight excluding hydrogens is 244 g/mol. The van der Waals surface area contributed by atoms with Crippen molar-refractivity contribution in [2.24, 2.45) is 11.3 Å². The van der Waals surface area contributed by atoms with Crippen LogP contribution in [0.2, 0.25) is 0 Å². The minimum atomic E-state index is -0.882. The molecule has 1 rings (SSSR count). The first-order chi connectivity index (χ1) is 8.71. The number of rotatable bonds is 4. The van der Waals surface area contributed by atoms with Crippen molar-refractivity contribution in [3.8, 4) is 0 Å². The predicted molar refractivity (Wildman–Crippen MR) is 74.0 cm³/mol. The van der Waals surface area contributed by atoms with E-state index in [-0.39, 0.29) is 25.0 Å². The zero-order valence-electron chi connectivity index (χ0n) is 12.4. The molecule has 0 spiro atoms. The van der Waals surface area contributed by atoms with Gasteiger partial charge in [0.15, 0.2) is 0 Å². The van der Waals surface area contributed by atoms with Crippen LogP contribution in [0.15, 0.2) is 0 Å². The molecule has 0 bridgehead atoms. The molecule has 0 aromatic heterocycles. The summed E-state index contributed by atoms with van der Waals surface area (Å²) in [5.74, 6) is -0.423. The highest BCUT2D eigenvalue weighted by Crippen LogP contribution is 2.38. The summed E-state index contributed by atoms with van der Waals surface area (Å²) >= 11 is 0. The third-order valence-corrected chi connectivity index (χ3v) is 4.01. The lowest BCUT2D eigenvalue weighted by atomic mass is 9.70. The second kappa shape index (κ2) is 6.26. The molecule has 1 saturated carbocycles. The van der Waals surface area contributed by atoms with Gasteiger partial charge in [0.2, 0.25) is 0 Å². The number of hydrogen-bond acceptors (Lipinski definition) is 2. The summed E-state index contributed by atoms with van der Waals surface area (Å²) < 4.78 is 0. The van der Waals surface area contributed by atoms with Gasteiger partial charge in [-0.1, -0.05) is 20.8 Å². The summed E-state index contributed by atoms with van der Waals surface area (Å²) in [6, 6.07) is 0.0330. The second-order valence-corrected chi connectivity index (χ2v) is 6.51. The van der Waals surface area contributed by atoms with Gasteiger partial charge in [0.1, 0.15) is 0 Å².